The molecule has 0 aromatic heterocycles. The van der Waals surface area contributed by atoms with Crippen LogP contribution in [0.5, 0.6) is 0 Å². The van der Waals surface area contributed by atoms with Crippen LogP contribution in [0.1, 0.15) is 105 Å². The van der Waals surface area contributed by atoms with E-state index in [0.29, 0.717) is 26.4 Å². The van der Waals surface area contributed by atoms with Crippen LogP contribution in [0.4, 0.5) is 0 Å². The number of aliphatic hydroxyl groups is 2. The largest absolute Gasteiger partial charge is 0.388 e. The molecule has 0 aliphatic carbocycles. The lowest BCUT2D eigenvalue weighted by Gasteiger charge is -2.32. The summed E-state index contributed by atoms with van der Waals surface area (Å²) in [5.41, 5.74) is 0. The van der Waals surface area contributed by atoms with Gasteiger partial charge < -0.3 is 29.2 Å². The summed E-state index contributed by atoms with van der Waals surface area (Å²) >= 11 is 0. The second-order valence-electron chi connectivity index (χ2n) is 8.78. The number of ether oxygens (including phenoxy) is 4. The summed E-state index contributed by atoms with van der Waals surface area (Å²) in [5.74, 6) is 0. The summed E-state index contributed by atoms with van der Waals surface area (Å²) in [6.07, 6.45) is 9.42. The zero-order chi connectivity index (χ0) is 23.9. The highest BCUT2D eigenvalue weighted by Gasteiger charge is 2.34. The van der Waals surface area contributed by atoms with Gasteiger partial charge in [-0.3, -0.25) is 0 Å². The Morgan fingerprint density at radius 1 is 0.469 bits per heavy atom. The molecule has 2 N–H and O–H groups in total. The first-order valence-corrected chi connectivity index (χ1v) is 13.4. The third kappa shape index (κ3) is 17.3. The predicted molar refractivity (Wildman–Crippen MR) is 131 cm³/mol. The van der Waals surface area contributed by atoms with Gasteiger partial charge in [0.1, 0.15) is 24.4 Å². The predicted octanol–water partition coefficient (Wildman–Crippen LogP) is 5.27. The lowest BCUT2D eigenvalue weighted by atomic mass is 10.0. The van der Waals surface area contributed by atoms with Crippen LogP contribution in [-0.2, 0) is 18.9 Å². The van der Waals surface area contributed by atoms with Crippen LogP contribution in [0, 0.1) is 0 Å². The minimum absolute atomic E-state index is 0.272. The zero-order valence-corrected chi connectivity index (χ0v) is 21.6. The molecule has 0 heterocycles. The molecule has 0 saturated carbocycles. The summed E-state index contributed by atoms with van der Waals surface area (Å²) in [7, 11) is 0. The van der Waals surface area contributed by atoms with Crippen molar-refractivity contribution in [1.82, 2.24) is 0 Å². The summed E-state index contributed by atoms with van der Waals surface area (Å²) in [6.45, 7) is 11.5. The number of hydrogen-bond acceptors (Lipinski definition) is 6. The van der Waals surface area contributed by atoms with Gasteiger partial charge >= 0.3 is 0 Å². The quantitative estimate of drug-likeness (QED) is 0.180. The van der Waals surface area contributed by atoms with Crippen molar-refractivity contribution in [3.63, 3.8) is 0 Å². The molecule has 0 amide bonds. The molecule has 194 valence electrons. The Kier molecular flexibility index (Phi) is 23.7. The van der Waals surface area contributed by atoms with Gasteiger partial charge in [0.15, 0.2) is 0 Å². The van der Waals surface area contributed by atoms with E-state index in [9.17, 15) is 10.2 Å². The Labute approximate surface area is 198 Å². The minimum Gasteiger partial charge on any atom is -0.388 e. The van der Waals surface area contributed by atoms with Gasteiger partial charge in [-0.1, -0.05) is 79.1 Å². The molecule has 0 fully saturated rings. The number of hydrogen-bond donors (Lipinski definition) is 2. The Bertz CT molecular complexity index is 334. The van der Waals surface area contributed by atoms with Crippen LogP contribution in [-0.4, -0.2) is 74.3 Å². The van der Waals surface area contributed by atoms with Gasteiger partial charge in [-0.15, -0.1) is 0 Å². The summed E-state index contributed by atoms with van der Waals surface area (Å²) in [6, 6.07) is 0. The molecule has 0 unspecified atom stereocenters. The monoisotopic (exact) mass is 462 g/mol. The normalized spacial score (nSPS) is 15.6. The average Bonchev–Trinajstić information content (AvgIpc) is 2.80. The van der Waals surface area contributed by atoms with Gasteiger partial charge in [0.05, 0.1) is 13.2 Å². The lowest BCUT2D eigenvalue weighted by molar-refractivity contribution is -0.163. The third-order valence-electron chi connectivity index (χ3n) is 5.62. The van der Waals surface area contributed by atoms with Gasteiger partial charge in [0.25, 0.3) is 0 Å². The van der Waals surface area contributed by atoms with Crippen molar-refractivity contribution >= 4 is 0 Å². The SMILES string of the molecule is CCCCCOC[C@@H](OCCCCC)[C@@H](O)[C@H](O)[C@@H](COCCCCC)OCCCCC. The number of unbranched alkanes of at least 4 members (excludes halogenated alkanes) is 8. The maximum atomic E-state index is 11.0. The van der Waals surface area contributed by atoms with Crippen LogP contribution in [0.15, 0.2) is 0 Å². The van der Waals surface area contributed by atoms with E-state index in [1.807, 2.05) is 0 Å². The van der Waals surface area contributed by atoms with Crippen LogP contribution < -0.4 is 0 Å². The number of rotatable bonds is 25. The summed E-state index contributed by atoms with van der Waals surface area (Å²) in [4.78, 5) is 0. The number of aliphatic hydroxyl groups excluding tert-OH is 2. The van der Waals surface area contributed by atoms with E-state index in [2.05, 4.69) is 27.7 Å². The fraction of sp³-hybridized carbons (Fsp3) is 1.00. The molecule has 6 heteroatoms. The van der Waals surface area contributed by atoms with E-state index in [1.165, 1.54) is 0 Å². The lowest BCUT2D eigenvalue weighted by Crippen LogP contribution is -2.50. The van der Waals surface area contributed by atoms with Crippen molar-refractivity contribution in [2.24, 2.45) is 0 Å². The smallest absolute Gasteiger partial charge is 0.111 e. The summed E-state index contributed by atoms with van der Waals surface area (Å²) in [5, 5.41) is 21.9. The molecule has 0 bridgehead atoms. The average molecular weight is 463 g/mol. The molecule has 0 spiro atoms. The van der Waals surface area contributed by atoms with Crippen molar-refractivity contribution in [1.29, 1.82) is 0 Å². The van der Waals surface area contributed by atoms with Crippen LogP contribution in [0.25, 0.3) is 0 Å². The van der Waals surface area contributed by atoms with Crippen molar-refractivity contribution < 1.29 is 29.2 Å². The first-order valence-electron chi connectivity index (χ1n) is 13.4. The van der Waals surface area contributed by atoms with E-state index >= 15 is 0 Å². The standard InChI is InChI=1S/C26H54O6/c1-5-9-13-17-29-21-23(31-19-15-11-7-3)25(27)26(28)24(32-20-16-12-8-4)22-30-18-14-10-6-2/h23-28H,5-22H2,1-4H3/t23-,24-,25-,26-/m1/s1. The van der Waals surface area contributed by atoms with Gasteiger partial charge in [-0.25, -0.2) is 0 Å². The van der Waals surface area contributed by atoms with Gasteiger partial charge in [0.2, 0.25) is 0 Å². The Balaban J connectivity index is 4.85. The molecule has 0 rings (SSSR count). The molecule has 0 aliphatic rings. The van der Waals surface area contributed by atoms with Gasteiger partial charge in [0, 0.05) is 26.4 Å². The molecule has 0 aromatic rings. The Morgan fingerprint density at radius 2 is 0.781 bits per heavy atom. The van der Waals surface area contributed by atoms with E-state index in [4.69, 9.17) is 18.9 Å². The van der Waals surface area contributed by atoms with E-state index < -0.39 is 24.4 Å². The Hall–Kier alpha value is -0.240. The first-order chi connectivity index (χ1) is 15.6. The molecule has 0 aliphatic heterocycles. The van der Waals surface area contributed by atoms with Crippen molar-refractivity contribution in [2.45, 2.75) is 129 Å². The molecule has 4 atom stereocenters. The second kappa shape index (κ2) is 23.9. The van der Waals surface area contributed by atoms with Gasteiger partial charge in [-0.05, 0) is 25.7 Å². The minimum atomic E-state index is -1.08. The highest BCUT2D eigenvalue weighted by molar-refractivity contribution is 4.83. The molecule has 0 aromatic carbocycles. The molecular weight excluding hydrogens is 408 g/mol. The molecule has 0 radical (unpaired) electrons. The highest BCUT2D eigenvalue weighted by Crippen LogP contribution is 2.15. The van der Waals surface area contributed by atoms with Gasteiger partial charge in [-0.2, -0.15) is 0 Å². The highest BCUT2D eigenvalue weighted by atomic mass is 16.6. The maximum Gasteiger partial charge on any atom is 0.111 e. The van der Waals surface area contributed by atoms with Crippen molar-refractivity contribution in [3.05, 3.63) is 0 Å². The third-order valence-corrected chi connectivity index (χ3v) is 5.62. The molecular formula is C26H54O6. The molecule has 32 heavy (non-hydrogen) atoms. The van der Waals surface area contributed by atoms with Crippen LogP contribution >= 0.6 is 0 Å². The topological polar surface area (TPSA) is 77.4 Å². The second-order valence-corrected chi connectivity index (χ2v) is 8.78. The van der Waals surface area contributed by atoms with E-state index in [0.717, 1.165) is 77.0 Å². The van der Waals surface area contributed by atoms with E-state index in [-0.39, 0.29) is 13.2 Å². The van der Waals surface area contributed by atoms with Crippen molar-refractivity contribution in [3.8, 4) is 0 Å². The van der Waals surface area contributed by atoms with Crippen LogP contribution in [0.2, 0.25) is 0 Å². The molecule has 6 nitrogen and oxygen atoms in total. The van der Waals surface area contributed by atoms with Crippen LogP contribution in [0.3, 0.4) is 0 Å². The summed E-state index contributed by atoms with van der Waals surface area (Å²) < 4.78 is 23.5. The van der Waals surface area contributed by atoms with Crippen molar-refractivity contribution in [2.75, 3.05) is 39.6 Å². The van der Waals surface area contributed by atoms with E-state index in [1.54, 1.807) is 0 Å². The maximum absolute atomic E-state index is 11.0. The zero-order valence-electron chi connectivity index (χ0n) is 21.6. The Morgan fingerprint density at radius 3 is 1.09 bits per heavy atom. The molecule has 0 saturated heterocycles. The fourth-order valence-electron chi connectivity index (χ4n) is 3.41. The first kappa shape index (κ1) is 31.8. The fourth-order valence-corrected chi connectivity index (χ4v) is 3.41.